The van der Waals surface area contributed by atoms with Crippen LogP contribution in [0.3, 0.4) is 0 Å². The minimum Gasteiger partial charge on any atom is -0.459 e. The molecule has 0 bridgehead atoms. The average Bonchev–Trinajstić information content (AvgIpc) is 3.16. The van der Waals surface area contributed by atoms with Crippen molar-refractivity contribution >= 4 is 23.6 Å². The number of amides is 2. The number of nitrogens with zero attached hydrogens (tertiary/aromatic N) is 2. The van der Waals surface area contributed by atoms with E-state index in [2.05, 4.69) is 12.2 Å². The van der Waals surface area contributed by atoms with Gasteiger partial charge < -0.3 is 19.5 Å². The SMILES string of the molecule is CCCC1SCC(C(=O)NCCN(C)C)N1C(=O)c1ccco1. The van der Waals surface area contributed by atoms with E-state index in [1.165, 1.54) is 6.26 Å². The highest BCUT2D eigenvalue weighted by molar-refractivity contribution is 8.00. The summed E-state index contributed by atoms with van der Waals surface area (Å²) in [6.07, 6.45) is 3.32. The van der Waals surface area contributed by atoms with Crippen molar-refractivity contribution in [3.8, 4) is 0 Å². The summed E-state index contributed by atoms with van der Waals surface area (Å²) < 4.78 is 5.24. The molecule has 0 aliphatic carbocycles. The van der Waals surface area contributed by atoms with Crippen LogP contribution in [0.2, 0.25) is 0 Å². The fourth-order valence-electron chi connectivity index (χ4n) is 2.56. The average molecular weight is 339 g/mol. The van der Waals surface area contributed by atoms with Gasteiger partial charge in [0.05, 0.1) is 11.6 Å². The number of likely N-dealkylation sites (N-methyl/N-ethyl adjacent to an activating group) is 1. The fourth-order valence-corrected chi connectivity index (χ4v) is 4.08. The Labute approximate surface area is 141 Å². The molecule has 0 spiro atoms. The molecule has 0 radical (unpaired) electrons. The molecule has 6 nitrogen and oxygen atoms in total. The quantitative estimate of drug-likeness (QED) is 0.818. The Morgan fingerprint density at radius 2 is 2.26 bits per heavy atom. The number of hydrogen-bond acceptors (Lipinski definition) is 5. The Kier molecular flexibility index (Phi) is 6.53. The molecule has 1 aromatic rings. The van der Waals surface area contributed by atoms with E-state index < -0.39 is 6.04 Å². The van der Waals surface area contributed by atoms with Gasteiger partial charge in [0.15, 0.2) is 5.76 Å². The second-order valence-electron chi connectivity index (χ2n) is 5.88. The maximum Gasteiger partial charge on any atom is 0.291 e. The van der Waals surface area contributed by atoms with Gasteiger partial charge in [0.25, 0.3) is 5.91 Å². The smallest absolute Gasteiger partial charge is 0.291 e. The molecule has 23 heavy (non-hydrogen) atoms. The van der Waals surface area contributed by atoms with Gasteiger partial charge in [-0.1, -0.05) is 13.3 Å². The molecular formula is C16H25N3O3S. The fraction of sp³-hybridized carbons (Fsp3) is 0.625. The summed E-state index contributed by atoms with van der Waals surface area (Å²) in [5.41, 5.74) is 0. The van der Waals surface area contributed by atoms with Crippen molar-refractivity contribution in [1.29, 1.82) is 0 Å². The minimum atomic E-state index is -0.434. The van der Waals surface area contributed by atoms with E-state index in [1.807, 2.05) is 19.0 Å². The van der Waals surface area contributed by atoms with Gasteiger partial charge in [0.2, 0.25) is 5.91 Å². The highest BCUT2D eigenvalue weighted by Crippen LogP contribution is 2.33. The van der Waals surface area contributed by atoms with Crippen LogP contribution in [0.15, 0.2) is 22.8 Å². The van der Waals surface area contributed by atoms with Crippen molar-refractivity contribution in [2.75, 3.05) is 32.9 Å². The zero-order valence-corrected chi connectivity index (χ0v) is 14.8. The number of rotatable bonds is 7. The zero-order valence-electron chi connectivity index (χ0n) is 13.9. The van der Waals surface area contributed by atoms with Gasteiger partial charge >= 0.3 is 0 Å². The molecule has 1 aliphatic heterocycles. The lowest BCUT2D eigenvalue weighted by atomic mass is 10.2. The molecule has 2 rings (SSSR count). The Hall–Kier alpha value is -1.47. The first kappa shape index (κ1) is 17.9. The predicted molar refractivity (Wildman–Crippen MR) is 91.4 cm³/mol. The number of carbonyl (C=O) groups excluding carboxylic acids is 2. The normalized spacial score (nSPS) is 21.0. The molecule has 128 valence electrons. The van der Waals surface area contributed by atoms with E-state index in [0.717, 1.165) is 19.4 Å². The maximum absolute atomic E-state index is 12.7. The summed E-state index contributed by atoms with van der Waals surface area (Å²) in [6.45, 7) is 3.44. The summed E-state index contributed by atoms with van der Waals surface area (Å²) in [5, 5.41) is 2.96. The minimum absolute atomic E-state index is 0.0298. The summed E-state index contributed by atoms with van der Waals surface area (Å²) in [5.74, 6) is 0.633. The largest absolute Gasteiger partial charge is 0.459 e. The summed E-state index contributed by atoms with van der Waals surface area (Å²) in [6, 6.07) is 2.91. The molecule has 2 atom stereocenters. The Morgan fingerprint density at radius 1 is 1.48 bits per heavy atom. The van der Waals surface area contributed by atoms with Crippen LogP contribution in [0.5, 0.6) is 0 Å². The molecule has 1 N–H and O–H groups in total. The number of hydrogen-bond donors (Lipinski definition) is 1. The topological polar surface area (TPSA) is 65.8 Å². The summed E-state index contributed by atoms with van der Waals surface area (Å²) in [4.78, 5) is 28.9. The van der Waals surface area contributed by atoms with Gasteiger partial charge in [-0.15, -0.1) is 11.8 Å². The Morgan fingerprint density at radius 3 is 2.87 bits per heavy atom. The highest BCUT2D eigenvalue weighted by atomic mass is 32.2. The van der Waals surface area contributed by atoms with Crippen molar-refractivity contribution in [2.45, 2.75) is 31.2 Å². The van der Waals surface area contributed by atoms with Gasteiger partial charge in [-0.05, 0) is 32.6 Å². The van der Waals surface area contributed by atoms with Crippen LogP contribution < -0.4 is 5.32 Å². The Bertz CT molecular complexity index is 519. The second-order valence-corrected chi connectivity index (χ2v) is 7.09. The molecular weight excluding hydrogens is 314 g/mol. The molecule has 1 aliphatic rings. The van der Waals surface area contributed by atoms with Gasteiger partial charge in [0, 0.05) is 18.8 Å². The number of furan rings is 1. The maximum atomic E-state index is 12.7. The van der Waals surface area contributed by atoms with E-state index in [-0.39, 0.29) is 17.2 Å². The van der Waals surface area contributed by atoms with Crippen molar-refractivity contribution in [3.63, 3.8) is 0 Å². The van der Waals surface area contributed by atoms with E-state index in [1.54, 1.807) is 28.8 Å². The number of nitrogens with one attached hydrogen (secondary N) is 1. The van der Waals surface area contributed by atoms with Crippen LogP contribution in [0.4, 0.5) is 0 Å². The van der Waals surface area contributed by atoms with Crippen LogP contribution in [-0.2, 0) is 4.79 Å². The van der Waals surface area contributed by atoms with Crippen molar-refractivity contribution in [2.24, 2.45) is 0 Å². The lowest BCUT2D eigenvalue weighted by molar-refractivity contribution is -0.124. The first-order valence-electron chi connectivity index (χ1n) is 7.94. The third kappa shape index (κ3) is 4.51. The molecule has 1 fully saturated rings. The molecule has 2 amide bonds. The summed E-state index contributed by atoms with van der Waals surface area (Å²) >= 11 is 1.67. The van der Waals surface area contributed by atoms with Gasteiger partial charge in [-0.25, -0.2) is 0 Å². The van der Waals surface area contributed by atoms with Gasteiger partial charge in [-0.3, -0.25) is 9.59 Å². The van der Waals surface area contributed by atoms with E-state index in [0.29, 0.717) is 18.1 Å². The number of carbonyl (C=O) groups is 2. The summed E-state index contributed by atoms with van der Waals surface area (Å²) in [7, 11) is 3.92. The zero-order chi connectivity index (χ0) is 16.8. The third-order valence-corrected chi connectivity index (χ3v) is 5.11. The second kappa shape index (κ2) is 8.40. The number of thioether (sulfide) groups is 1. The molecule has 2 heterocycles. The molecule has 1 aromatic heterocycles. The van der Waals surface area contributed by atoms with Crippen molar-refractivity contribution < 1.29 is 14.0 Å². The Balaban J connectivity index is 2.07. The monoisotopic (exact) mass is 339 g/mol. The van der Waals surface area contributed by atoms with Gasteiger partial charge in [-0.2, -0.15) is 0 Å². The van der Waals surface area contributed by atoms with E-state index >= 15 is 0 Å². The molecule has 0 saturated carbocycles. The third-order valence-electron chi connectivity index (χ3n) is 3.76. The van der Waals surface area contributed by atoms with E-state index in [4.69, 9.17) is 4.42 Å². The first-order valence-corrected chi connectivity index (χ1v) is 8.99. The molecule has 0 aromatic carbocycles. The van der Waals surface area contributed by atoms with Crippen LogP contribution in [0, 0.1) is 0 Å². The molecule has 1 saturated heterocycles. The standard InChI is InChI=1S/C16H25N3O3S/c1-4-6-14-19(16(21)13-7-5-10-22-13)12(11-23-14)15(20)17-8-9-18(2)3/h5,7,10,12,14H,4,6,8-9,11H2,1-3H3,(H,17,20). The molecule has 7 heteroatoms. The lowest BCUT2D eigenvalue weighted by Crippen LogP contribution is -2.50. The van der Waals surface area contributed by atoms with Gasteiger partial charge in [0.1, 0.15) is 6.04 Å². The van der Waals surface area contributed by atoms with Crippen LogP contribution in [0.1, 0.15) is 30.3 Å². The highest BCUT2D eigenvalue weighted by Gasteiger charge is 2.42. The molecule has 2 unspecified atom stereocenters. The van der Waals surface area contributed by atoms with Crippen molar-refractivity contribution in [3.05, 3.63) is 24.2 Å². The predicted octanol–water partition coefficient (Wildman–Crippen LogP) is 1.64. The van der Waals surface area contributed by atoms with Crippen LogP contribution in [0.25, 0.3) is 0 Å². The van der Waals surface area contributed by atoms with Crippen LogP contribution >= 0.6 is 11.8 Å². The van der Waals surface area contributed by atoms with Crippen molar-refractivity contribution in [1.82, 2.24) is 15.1 Å². The van der Waals surface area contributed by atoms with Crippen LogP contribution in [-0.4, -0.2) is 66.0 Å². The van der Waals surface area contributed by atoms with E-state index in [9.17, 15) is 9.59 Å². The first-order chi connectivity index (χ1) is 11.0. The lowest BCUT2D eigenvalue weighted by Gasteiger charge is -2.28.